The normalized spacial score (nSPS) is 43.0. The van der Waals surface area contributed by atoms with Crippen molar-refractivity contribution in [2.75, 3.05) is 0 Å². The van der Waals surface area contributed by atoms with Gasteiger partial charge in [-0.1, -0.05) is 13.8 Å². The summed E-state index contributed by atoms with van der Waals surface area (Å²) in [5, 5.41) is 3.74. The molecule has 0 heterocycles. The van der Waals surface area contributed by atoms with Gasteiger partial charge in [0, 0.05) is 12.1 Å². The van der Waals surface area contributed by atoms with Crippen LogP contribution in [0.15, 0.2) is 0 Å². The van der Waals surface area contributed by atoms with E-state index in [1.54, 1.807) is 0 Å². The third-order valence-corrected chi connectivity index (χ3v) is 3.65. The highest BCUT2D eigenvalue weighted by Gasteiger charge is 2.29. The van der Waals surface area contributed by atoms with E-state index >= 15 is 0 Å². The van der Waals surface area contributed by atoms with E-state index in [0.717, 1.165) is 23.9 Å². The van der Waals surface area contributed by atoms with Gasteiger partial charge in [0.15, 0.2) is 0 Å². The maximum absolute atomic E-state index is 3.74. The Labute approximate surface area is 75.9 Å². The molecule has 0 spiro atoms. The average molecular weight is 167 g/mol. The van der Waals surface area contributed by atoms with E-state index in [0.29, 0.717) is 0 Å². The summed E-state index contributed by atoms with van der Waals surface area (Å²) in [5.74, 6) is 1.90. The Kier molecular flexibility index (Phi) is 2.40. The molecule has 0 amide bonds. The molecule has 0 bridgehead atoms. The Hall–Kier alpha value is -0.0400. The number of rotatable bonds is 2. The van der Waals surface area contributed by atoms with Crippen LogP contribution in [-0.4, -0.2) is 12.1 Å². The molecule has 0 unspecified atom stereocenters. The van der Waals surface area contributed by atoms with E-state index in [9.17, 15) is 0 Å². The lowest BCUT2D eigenvalue weighted by molar-refractivity contribution is 0.225. The van der Waals surface area contributed by atoms with Gasteiger partial charge in [0.05, 0.1) is 0 Å². The molecule has 2 rings (SSSR count). The second kappa shape index (κ2) is 3.37. The van der Waals surface area contributed by atoms with Crippen molar-refractivity contribution in [1.29, 1.82) is 0 Å². The lowest BCUT2D eigenvalue weighted by atomic mass is 9.79. The highest BCUT2D eigenvalue weighted by Crippen LogP contribution is 2.31. The van der Waals surface area contributed by atoms with E-state index < -0.39 is 0 Å². The van der Waals surface area contributed by atoms with Gasteiger partial charge in [-0.3, -0.25) is 0 Å². The first kappa shape index (κ1) is 8.55. The minimum atomic E-state index is 0.851. The van der Waals surface area contributed by atoms with Crippen molar-refractivity contribution in [3.05, 3.63) is 0 Å². The lowest BCUT2D eigenvalue weighted by Crippen LogP contribution is -2.37. The quantitative estimate of drug-likeness (QED) is 0.666. The van der Waals surface area contributed by atoms with Crippen molar-refractivity contribution in [1.82, 2.24) is 5.32 Å². The first-order valence-electron chi connectivity index (χ1n) is 5.51. The van der Waals surface area contributed by atoms with Crippen LogP contribution < -0.4 is 5.32 Å². The summed E-state index contributed by atoms with van der Waals surface area (Å²) in [4.78, 5) is 0. The molecule has 0 aromatic rings. The number of hydrogen-bond acceptors (Lipinski definition) is 1. The first-order valence-corrected chi connectivity index (χ1v) is 5.51. The molecule has 0 aliphatic heterocycles. The fourth-order valence-corrected chi connectivity index (χ4v) is 2.28. The fourth-order valence-electron chi connectivity index (χ4n) is 2.28. The van der Waals surface area contributed by atoms with E-state index in [1.807, 2.05) is 0 Å². The van der Waals surface area contributed by atoms with E-state index in [2.05, 4.69) is 19.2 Å². The van der Waals surface area contributed by atoms with E-state index in [1.165, 1.54) is 32.1 Å². The first-order chi connectivity index (χ1) is 5.75. The van der Waals surface area contributed by atoms with Crippen LogP contribution in [0.25, 0.3) is 0 Å². The smallest absolute Gasteiger partial charge is 0.00723 e. The summed E-state index contributed by atoms with van der Waals surface area (Å²) in [6.07, 6.45) is 7.13. The van der Waals surface area contributed by atoms with Gasteiger partial charge in [0.2, 0.25) is 0 Å². The van der Waals surface area contributed by atoms with Crippen LogP contribution >= 0.6 is 0 Å². The summed E-state index contributed by atoms with van der Waals surface area (Å²) in [6.45, 7) is 4.81. The zero-order chi connectivity index (χ0) is 8.55. The molecule has 12 heavy (non-hydrogen) atoms. The largest absolute Gasteiger partial charge is 0.311 e. The Morgan fingerprint density at radius 1 is 0.833 bits per heavy atom. The van der Waals surface area contributed by atoms with Crippen molar-refractivity contribution in [2.45, 2.75) is 58.0 Å². The van der Waals surface area contributed by atoms with Crippen LogP contribution in [-0.2, 0) is 0 Å². The topological polar surface area (TPSA) is 12.0 Å². The highest BCUT2D eigenvalue weighted by atomic mass is 15.0. The van der Waals surface area contributed by atoms with Crippen LogP contribution in [0.1, 0.15) is 46.0 Å². The maximum atomic E-state index is 3.74. The fraction of sp³-hybridized carbons (Fsp3) is 1.00. The molecule has 2 saturated carbocycles. The van der Waals surface area contributed by atoms with Gasteiger partial charge in [-0.15, -0.1) is 0 Å². The summed E-state index contributed by atoms with van der Waals surface area (Å²) in [6, 6.07) is 1.75. The molecule has 1 N–H and O–H groups in total. The molecule has 0 aromatic carbocycles. The van der Waals surface area contributed by atoms with Gasteiger partial charge in [-0.05, 0) is 43.9 Å². The summed E-state index contributed by atoms with van der Waals surface area (Å²) >= 11 is 0. The van der Waals surface area contributed by atoms with E-state index in [-0.39, 0.29) is 0 Å². The molecular weight excluding hydrogens is 146 g/mol. The SMILES string of the molecule is C[C@H]1CC[C@H](NC2CC2)C[C@@H]1C. The van der Waals surface area contributed by atoms with Gasteiger partial charge in [0.1, 0.15) is 0 Å². The molecule has 0 aromatic heterocycles. The number of hydrogen-bond donors (Lipinski definition) is 1. The third-order valence-electron chi connectivity index (χ3n) is 3.65. The Balaban J connectivity index is 1.76. The van der Waals surface area contributed by atoms with Gasteiger partial charge in [-0.2, -0.15) is 0 Å². The van der Waals surface area contributed by atoms with Crippen molar-refractivity contribution >= 4 is 0 Å². The van der Waals surface area contributed by atoms with Gasteiger partial charge in [-0.25, -0.2) is 0 Å². The molecule has 70 valence electrons. The monoisotopic (exact) mass is 167 g/mol. The van der Waals surface area contributed by atoms with Crippen molar-refractivity contribution in [2.24, 2.45) is 11.8 Å². The molecule has 1 nitrogen and oxygen atoms in total. The molecule has 3 atom stereocenters. The van der Waals surface area contributed by atoms with E-state index in [4.69, 9.17) is 0 Å². The molecule has 0 radical (unpaired) electrons. The van der Waals surface area contributed by atoms with Crippen LogP contribution in [0.2, 0.25) is 0 Å². The standard InChI is InChI=1S/C11H21N/c1-8-3-4-11(7-9(8)2)12-10-5-6-10/h8-12H,3-7H2,1-2H3/t8-,9-,11-/m0/s1. The number of nitrogens with one attached hydrogen (secondary N) is 1. The third kappa shape index (κ3) is 2.01. The minimum Gasteiger partial charge on any atom is -0.311 e. The molecule has 1 heteroatoms. The molecule has 2 fully saturated rings. The summed E-state index contributed by atoms with van der Waals surface area (Å²) in [7, 11) is 0. The van der Waals surface area contributed by atoms with Gasteiger partial charge < -0.3 is 5.32 Å². The average Bonchev–Trinajstić information content (AvgIpc) is 2.81. The van der Waals surface area contributed by atoms with Crippen LogP contribution in [0.3, 0.4) is 0 Å². The molecule has 2 aliphatic carbocycles. The Bertz CT molecular complexity index is 151. The Morgan fingerprint density at radius 3 is 2.08 bits per heavy atom. The lowest BCUT2D eigenvalue weighted by Gasteiger charge is -2.32. The summed E-state index contributed by atoms with van der Waals surface area (Å²) < 4.78 is 0. The van der Waals surface area contributed by atoms with Gasteiger partial charge in [0.25, 0.3) is 0 Å². The molecular formula is C11H21N. The van der Waals surface area contributed by atoms with Crippen molar-refractivity contribution in [3.63, 3.8) is 0 Å². The minimum absolute atomic E-state index is 0.851. The second-order valence-electron chi connectivity index (χ2n) is 4.91. The van der Waals surface area contributed by atoms with Crippen LogP contribution in [0.5, 0.6) is 0 Å². The van der Waals surface area contributed by atoms with Crippen LogP contribution in [0, 0.1) is 11.8 Å². The summed E-state index contributed by atoms with van der Waals surface area (Å²) in [5.41, 5.74) is 0. The van der Waals surface area contributed by atoms with Crippen molar-refractivity contribution < 1.29 is 0 Å². The molecule has 2 aliphatic rings. The predicted octanol–water partition coefficient (Wildman–Crippen LogP) is 2.56. The zero-order valence-electron chi connectivity index (χ0n) is 8.34. The van der Waals surface area contributed by atoms with Gasteiger partial charge >= 0.3 is 0 Å². The molecule has 0 saturated heterocycles. The second-order valence-corrected chi connectivity index (χ2v) is 4.91. The predicted molar refractivity (Wildman–Crippen MR) is 52.1 cm³/mol. The maximum Gasteiger partial charge on any atom is 0.00723 e. The van der Waals surface area contributed by atoms with Crippen molar-refractivity contribution in [3.8, 4) is 0 Å². The zero-order valence-corrected chi connectivity index (χ0v) is 8.34. The van der Waals surface area contributed by atoms with Crippen LogP contribution in [0.4, 0.5) is 0 Å². The Morgan fingerprint density at radius 2 is 1.50 bits per heavy atom. The highest BCUT2D eigenvalue weighted by molar-refractivity contribution is 4.88.